The van der Waals surface area contributed by atoms with E-state index in [0.29, 0.717) is 28.9 Å². The predicted molar refractivity (Wildman–Crippen MR) is 194 cm³/mol. The maximum absolute atomic E-state index is 13.9. The van der Waals surface area contributed by atoms with Gasteiger partial charge in [-0.1, -0.05) is 24.4 Å². The van der Waals surface area contributed by atoms with Gasteiger partial charge in [-0.2, -0.15) is 13.9 Å². The van der Waals surface area contributed by atoms with E-state index in [-0.39, 0.29) is 46.6 Å². The number of aromatic nitrogens is 6. The van der Waals surface area contributed by atoms with Crippen LogP contribution in [0.25, 0.3) is 16.8 Å². The molecule has 3 N–H and O–H groups in total. The van der Waals surface area contributed by atoms with Gasteiger partial charge in [-0.05, 0) is 81.0 Å². The van der Waals surface area contributed by atoms with Crippen molar-refractivity contribution in [2.45, 2.75) is 77.0 Å². The number of carbonyl (C=O) groups is 1. The predicted octanol–water partition coefficient (Wildman–Crippen LogP) is 7.02. The number of nitrogens with zero attached hydrogens (tertiary/aromatic N) is 6. The molecule has 4 heterocycles. The summed E-state index contributed by atoms with van der Waals surface area (Å²) in [4.78, 5) is 16.3. The lowest BCUT2D eigenvalue weighted by Crippen LogP contribution is -2.24. The van der Waals surface area contributed by atoms with Gasteiger partial charge in [0.25, 0.3) is 12.3 Å². The number of benzene rings is 1. The van der Waals surface area contributed by atoms with E-state index in [1.807, 2.05) is 0 Å². The maximum Gasteiger partial charge on any atom is 0.290 e. The number of anilines is 1. The van der Waals surface area contributed by atoms with Crippen molar-refractivity contribution in [3.63, 3.8) is 0 Å². The molecule has 3 atom stereocenters. The second-order valence-electron chi connectivity index (χ2n) is 13.1. The first-order valence-corrected chi connectivity index (χ1v) is 18.6. The first kappa shape index (κ1) is 41.2. The molecule has 0 saturated heterocycles. The molecule has 0 spiro atoms. The van der Waals surface area contributed by atoms with E-state index in [9.17, 15) is 40.5 Å². The van der Waals surface area contributed by atoms with Crippen LogP contribution in [0.4, 0.5) is 32.3 Å². The summed E-state index contributed by atoms with van der Waals surface area (Å²) in [7, 11) is -1.45. The van der Waals surface area contributed by atoms with Gasteiger partial charge in [-0.3, -0.25) is 14.2 Å². The fourth-order valence-corrected chi connectivity index (χ4v) is 6.85. The van der Waals surface area contributed by atoms with Gasteiger partial charge in [-0.15, -0.1) is 10.2 Å². The highest BCUT2D eigenvalue weighted by Crippen LogP contribution is 2.50. The zero-order valence-corrected chi connectivity index (χ0v) is 31.5. The highest BCUT2D eigenvalue weighted by Gasteiger charge is 2.49. The van der Waals surface area contributed by atoms with Crippen molar-refractivity contribution < 1.29 is 40.5 Å². The monoisotopic (exact) mass is 808 g/mol. The Labute approximate surface area is 319 Å². The van der Waals surface area contributed by atoms with Crippen molar-refractivity contribution in [1.29, 1.82) is 0 Å². The molecule has 0 saturated carbocycles. The highest BCUT2D eigenvalue weighted by atomic mass is 35.5. The number of halogens is 7. The van der Waals surface area contributed by atoms with Crippen molar-refractivity contribution in [2.75, 3.05) is 11.0 Å². The number of aliphatic hydroxyl groups is 1. The smallest absolute Gasteiger partial charge is 0.290 e. The van der Waals surface area contributed by atoms with Gasteiger partial charge in [0.15, 0.2) is 5.65 Å². The van der Waals surface area contributed by atoms with Gasteiger partial charge in [-0.25, -0.2) is 31.2 Å². The third-order valence-corrected chi connectivity index (χ3v) is 9.10. The molecular formula is C36H35ClF6N8O3S. The third-order valence-electron chi connectivity index (χ3n) is 8.34. The molecule has 1 aromatic carbocycles. The molecule has 6 rings (SSSR count). The highest BCUT2D eigenvalue weighted by molar-refractivity contribution is 7.85. The van der Waals surface area contributed by atoms with Crippen LogP contribution in [0.15, 0.2) is 42.5 Å². The third kappa shape index (κ3) is 9.28. The van der Waals surface area contributed by atoms with Crippen LogP contribution in [0.1, 0.15) is 86.4 Å². The Balaban J connectivity index is 0.000000301. The number of hydrogen-bond acceptors (Lipinski definition) is 7. The minimum absolute atomic E-state index is 0.00597. The van der Waals surface area contributed by atoms with Crippen LogP contribution in [-0.2, 0) is 34.7 Å². The summed E-state index contributed by atoms with van der Waals surface area (Å²) in [5.41, 5.74) is 0.147. The van der Waals surface area contributed by atoms with Crippen molar-refractivity contribution in [3.05, 3.63) is 93.2 Å². The number of amides is 1. The van der Waals surface area contributed by atoms with Crippen molar-refractivity contribution in [1.82, 2.24) is 34.7 Å². The van der Waals surface area contributed by atoms with E-state index in [1.165, 1.54) is 43.6 Å². The molecule has 1 aliphatic carbocycles. The molecular weight excluding hydrogens is 774 g/mol. The minimum atomic E-state index is -3.04. The first-order chi connectivity index (χ1) is 25.8. The van der Waals surface area contributed by atoms with Crippen LogP contribution >= 0.6 is 11.6 Å². The molecule has 5 aromatic rings. The van der Waals surface area contributed by atoms with Gasteiger partial charge in [0, 0.05) is 42.0 Å². The molecule has 19 heteroatoms. The average molecular weight is 809 g/mol. The first-order valence-electron chi connectivity index (χ1n) is 16.7. The van der Waals surface area contributed by atoms with Crippen molar-refractivity contribution in [2.24, 2.45) is 0 Å². The van der Waals surface area contributed by atoms with Crippen LogP contribution in [-0.4, -0.2) is 56.9 Å². The number of aryl methyl sites for hydroxylation is 1. The molecule has 292 valence electrons. The number of rotatable bonds is 10. The van der Waals surface area contributed by atoms with E-state index in [1.54, 1.807) is 31.2 Å². The van der Waals surface area contributed by atoms with E-state index in [0.717, 1.165) is 10.7 Å². The molecule has 1 aliphatic rings. The number of fused-ring (bicyclic) bond motifs is 2. The fraction of sp³-hybridized carbons (Fsp3) is 0.361. The van der Waals surface area contributed by atoms with Gasteiger partial charge < -0.3 is 10.4 Å². The molecule has 4 aromatic heterocycles. The summed E-state index contributed by atoms with van der Waals surface area (Å²) in [6, 6.07) is 8.84. The average Bonchev–Trinajstić information content (AvgIpc) is 3.76. The van der Waals surface area contributed by atoms with Gasteiger partial charge in [0.2, 0.25) is 12.4 Å². The quantitative estimate of drug-likeness (QED) is 0.0597. The summed E-state index contributed by atoms with van der Waals surface area (Å²) >= 11 is 6.40. The zero-order valence-electron chi connectivity index (χ0n) is 30.0. The summed E-state index contributed by atoms with van der Waals surface area (Å²) in [5, 5.41) is 24.8. The van der Waals surface area contributed by atoms with Gasteiger partial charge in [0.05, 0.1) is 11.7 Å². The molecule has 0 aliphatic heterocycles. The Morgan fingerprint density at radius 2 is 1.78 bits per heavy atom. The standard InChI is InChI=1S/C26H23ClF2N6O3S.C10H12F4N2/c1-26(2,37)9-8-18-4-5-19(20-6-7-22(27)35-24(20)32-33-25(35)34-39(3)38)23(31-18)21(30-14-36)12-15-10-16(28)13-17(29)11-15;1-3-16-8-6(7(15-16)9(11)12)5(2)4-10(8,13)14/h4-7,10-11,13-14,21,37H,12H2,1-3H3,(H,30,36)(H,33,34);5,9H,3-4H2,1-2H3/t;5-/m.0/s1. The van der Waals surface area contributed by atoms with Crippen molar-refractivity contribution >= 4 is 40.6 Å². The van der Waals surface area contributed by atoms with Crippen LogP contribution in [0.2, 0.25) is 5.15 Å². The van der Waals surface area contributed by atoms with Gasteiger partial charge in [0.1, 0.15) is 50.5 Å². The molecule has 2 unspecified atom stereocenters. The Morgan fingerprint density at radius 1 is 1.11 bits per heavy atom. The van der Waals surface area contributed by atoms with E-state index in [4.69, 9.17) is 11.6 Å². The van der Waals surface area contributed by atoms with E-state index in [2.05, 4.69) is 42.2 Å². The molecule has 1 amide bonds. The minimum Gasteiger partial charge on any atom is -0.378 e. The Morgan fingerprint density at radius 3 is 2.38 bits per heavy atom. The fourth-order valence-electron chi connectivity index (χ4n) is 6.24. The topological polar surface area (TPSA) is 139 Å². The van der Waals surface area contributed by atoms with Crippen LogP contribution in [0.3, 0.4) is 0 Å². The lowest BCUT2D eigenvalue weighted by atomic mass is 9.95. The summed E-state index contributed by atoms with van der Waals surface area (Å²) in [6.45, 7) is 6.37. The second kappa shape index (κ2) is 16.4. The lowest BCUT2D eigenvalue weighted by Gasteiger charge is -2.20. The largest absolute Gasteiger partial charge is 0.378 e. The Hall–Kier alpha value is -4.99. The normalized spacial score (nSPS) is 15.8. The second-order valence-corrected chi connectivity index (χ2v) is 14.6. The molecule has 0 bridgehead atoms. The lowest BCUT2D eigenvalue weighted by molar-refractivity contribution is -0.110. The SMILES string of the molecule is CCn1nc(C(F)F)c2c1C(F)(F)C[C@@H]2C.CS(=O)Nc1nnc2c(-c3ccc(C#CC(C)(C)O)nc3C(Cc3cc(F)cc(F)c3)NC=O)ccc(Cl)n12. The maximum atomic E-state index is 13.9. The van der Waals surface area contributed by atoms with E-state index < -0.39 is 64.6 Å². The molecule has 11 nitrogen and oxygen atoms in total. The van der Waals surface area contributed by atoms with Crippen molar-refractivity contribution in [3.8, 4) is 23.0 Å². The Bertz CT molecular complexity index is 2300. The number of nitrogens with one attached hydrogen (secondary N) is 2. The number of pyridine rings is 2. The summed E-state index contributed by atoms with van der Waals surface area (Å²) in [5.74, 6) is 0.534. The zero-order chi connectivity index (χ0) is 40.4. The Kier molecular flexibility index (Phi) is 12.3. The number of hydrogen-bond donors (Lipinski definition) is 3. The number of alkyl halides is 4. The van der Waals surface area contributed by atoms with Crippen LogP contribution < -0.4 is 10.0 Å². The molecule has 0 radical (unpaired) electrons. The van der Waals surface area contributed by atoms with Crippen LogP contribution in [0.5, 0.6) is 0 Å². The van der Waals surface area contributed by atoms with Crippen LogP contribution in [0, 0.1) is 23.5 Å². The van der Waals surface area contributed by atoms with E-state index >= 15 is 0 Å². The molecule has 55 heavy (non-hydrogen) atoms. The number of carbonyl (C=O) groups excluding carboxylic acids is 1. The summed E-state index contributed by atoms with van der Waals surface area (Å²) < 4.78 is 97.4. The van der Waals surface area contributed by atoms with Gasteiger partial charge >= 0.3 is 0 Å². The summed E-state index contributed by atoms with van der Waals surface area (Å²) in [6.07, 6.45) is -1.31. The molecule has 0 fully saturated rings.